The summed E-state index contributed by atoms with van der Waals surface area (Å²) in [5.74, 6) is -1.06. The molecule has 0 saturated carbocycles. The number of nitrogens with one attached hydrogen (secondary N) is 1. The number of carbonyl (C=O) groups excluding carboxylic acids is 1. The van der Waals surface area contributed by atoms with Gasteiger partial charge in [0.15, 0.2) is 0 Å². The Morgan fingerprint density at radius 3 is 2.10 bits per heavy atom. The second-order valence-corrected chi connectivity index (χ2v) is 6.18. The number of urea groups is 1. The highest BCUT2D eigenvalue weighted by Gasteiger charge is 2.35. The number of likely N-dealkylation sites (N-methyl/N-ethyl adjacent to an activating group) is 1. The predicted molar refractivity (Wildman–Crippen MR) is 82.1 cm³/mol. The highest BCUT2D eigenvalue weighted by Crippen LogP contribution is 2.26. The monoisotopic (exact) mass is 342 g/mol. The number of hydrogen-bond donors (Lipinski definition) is 2. The van der Waals surface area contributed by atoms with Crippen LogP contribution in [0.3, 0.4) is 0 Å². The summed E-state index contributed by atoms with van der Waals surface area (Å²) in [7, 11) is 1.47. The topological polar surface area (TPSA) is 69.6 Å². The molecule has 110 valence electrons. The molecule has 0 atom stereocenters. The van der Waals surface area contributed by atoms with Gasteiger partial charge < -0.3 is 15.3 Å². The molecule has 6 heteroatoms. The van der Waals surface area contributed by atoms with Gasteiger partial charge in [0, 0.05) is 17.2 Å². The fourth-order valence-electron chi connectivity index (χ4n) is 1.70. The highest BCUT2D eigenvalue weighted by atomic mass is 79.9. The standard InChI is InChI=1S/C14H19BrN2O3/c1-8-6-10(15)7-9(2)11(8)16-13(20)17(5)14(3,4)12(18)19/h6-7H,1-5H3,(H,16,20)(H,18,19). The van der Waals surface area contributed by atoms with Crippen LogP contribution in [0.2, 0.25) is 0 Å². The van der Waals surface area contributed by atoms with E-state index in [0.29, 0.717) is 5.69 Å². The Balaban J connectivity index is 3.00. The van der Waals surface area contributed by atoms with Gasteiger partial charge in [-0.05, 0) is 51.0 Å². The summed E-state index contributed by atoms with van der Waals surface area (Å²) in [5.41, 5.74) is 1.24. The van der Waals surface area contributed by atoms with Gasteiger partial charge in [-0.1, -0.05) is 15.9 Å². The first-order valence-electron chi connectivity index (χ1n) is 6.12. The number of anilines is 1. The fraction of sp³-hybridized carbons (Fsp3) is 0.429. The summed E-state index contributed by atoms with van der Waals surface area (Å²) in [4.78, 5) is 24.5. The van der Waals surface area contributed by atoms with Crippen molar-refractivity contribution < 1.29 is 14.7 Å². The second kappa shape index (κ2) is 5.83. The minimum atomic E-state index is -1.28. The van der Waals surface area contributed by atoms with E-state index in [9.17, 15) is 9.59 Å². The molecule has 0 fully saturated rings. The SMILES string of the molecule is Cc1cc(Br)cc(C)c1NC(=O)N(C)C(C)(C)C(=O)O. The van der Waals surface area contributed by atoms with Crippen LogP contribution in [0.15, 0.2) is 16.6 Å². The first-order valence-corrected chi connectivity index (χ1v) is 6.91. The van der Waals surface area contributed by atoms with Gasteiger partial charge in [-0.15, -0.1) is 0 Å². The Bertz CT molecular complexity index is 532. The maximum Gasteiger partial charge on any atom is 0.329 e. The van der Waals surface area contributed by atoms with Crippen LogP contribution < -0.4 is 5.32 Å². The number of hydrogen-bond acceptors (Lipinski definition) is 2. The lowest BCUT2D eigenvalue weighted by molar-refractivity contribution is -0.146. The van der Waals surface area contributed by atoms with Crippen molar-refractivity contribution in [2.75, 3.05) is 12.4 Å². The summed E-state index contributed by atoms with van der Waals surface area (Å²) in [6.07, 6.45) is 0. The molecule has 0 aliphatic heterocycles. The summed E-state index contributed by atoms with van der Waals surface area (Å²) in [6, 6.07) is 3.33. The first-order chi connectivity index (χ1) is 9.07. The van der Waals surface area contributed by atoms with E-state index in [1.807, 2.05) is 26.0 Å². The fourth-order valence-corrected chi connectivity index (χ4v) is 2.38. The number of carboxylic acid groups (broad SMARTS) is 1. The molecule has 0 radical (unpaired) electrons. The van der Waals surface area contributed by atoms with Gasteiger partial charge in [-0.25, -0.2) is 9.59 Å². The van der Waals surface area contributed by atoms with Crippen molar-refractivity contribution in [3.63, 3.8) is 0 Å². The number of carboxylic acids is 1. The smallest absolute Gasteiger partial charge is 0.329 e. The molecule has 0 saturated heterocycles. The number of nitrogens with zero attached hydrogens (tertiary/aromatic N) is 1. The van der Waals surface area contributed by atoms with Crippen molar-refractivity contribution in [3.05, 3.63) is 27.7 Å². The third-order valence-electron chi connectivity index (χ3n) is 3.40. The molecule has 0 unspecified atom stereocenters. The molecule has 2 amide bonds. The molecule has 20 heavy (non-hydrogen) atoms. The number of benzene rings is 1. The quantitative estimate of drug-likeness (QED) is 0.884. The first kappa shape index (κ1) is 16.5. The Hall–Kier alpha value is -1.56. The van der Waals surface area contributed by atoms with E-state index in [0.717, 1.165) is 15.6 Å². The zero-order valence-electron chi connectivity index (χ0n) is 12.2. The molecule has 0 heterocycles. The Labute approximate surface area is 127 Å². The summed E-state index contributed by atoms with van der Waals surface area (Å²) in [6.45, 7) is 6.73. The van der Waals surface area contributed by atoms with Crippen LogP contribution in [0, 0.1) is 13.8 Å². The van der Waals surface area contributed by atoms with E-state index in [4.69, 9.17) is 5.11 Å². The lowest BCUT2D eigenvalue weighted by atomic mass is 10.0. The molecule has 5 nitrogen and oxygen atoms in total. The van der Waals surface area contributed by atoms with Crippen LogP contribution in [0.25, 0.3) is 0 Å². The average molecular weight is 343 g/mol. The third kappa shape index (κ3) is 3.30. The van der Waals surface area contributed by atoms with E-state index in [1.165, 1.54) is 25.8 Å². The van der Waals surface area contributed by atoms with E-state index >= 15 is 0 Å². The van der Waals surface area contributed by atoms with Crippen molar-refractivity contribution in [3.8, 4) is 0 Å². The van der Waals surface area contributed by atoms with E-state index in [-0.39, 0.29) is 0 Å². The number of halogens is 1. The van der Waals surface area contributed by atoms with Gasteiger partial charge in [-0.3, -0.25) is 0 Å². The normalized spacial score (nSPS) is 11.1. The molecular weight excluding hydrogens is 324 g/mol. The molecule has 1 aromatic carbocycles. The number of amides is 2. The maximum atomic E-state index is 12.2. The summed E-state index contributed by atoms with van der Waals surface area (Å²) < 4.78 is 0.935. The van der Waals surface area contributed by atoms with Gasteiger partial charge in [-0.2, -0.15) is 0 Å². The number of aliphatic carboxylic acids is 1. The van der Waals surface area contributed by atoms with Gasteiger partial charge in [0.1, 0.15) is 5.54 Å². The van der Waals surface area contributed by atoms with E-state index < -0.39 is 17.5 Å². The van der Waals surface area contributed by atoms with E-state index in [2.05, 4.69) is 21.2 Å². The highest BCUT2D eigenvalue weighted by molar-refractivity contribution is 9.10. The number of rotatable bonds is 3. The van der Waals surface area contributed by atoms with Crippen molar-refractivity contribution in [2.24, 2.45) is 0 Å². The zero-order valence-corrected chi connectivity index (χ0v) is 13.8. The molecule has 0 spiro atoms. The maximum absolute atomic E-state index is 12.2. The van der Waals surface area contributed by atoms with E-state index in [1.54, 1.807) is 0 Å². The summed E-state index contributed by atoms with van der Waals surface area (Å²) >= 11 is 3.39. The molecule has 0 bridgehead atoms. The van der Waals surface area contributed by atoms with Gasteiger partial charge in [0.25, 0.3) is 0 Å². The van der Waals surface area contributed by atoms with Crippen molar-refractivity contribution in [1.29, 1.82) is 0 Å². The predicted octanol–water partition coefficient (Wildman–Crippen LogP) is 3.39. The zero-order chi connectivity index (χ0) is 15.7. The van der Waals surface area contributed by atoms with Crippen molar-refractivity contribution in [1.82, 2.24) is 4.90 Å². The van der Waals surface area contributed by atoms with Crippen LogP contribution in [0.4, 0.5) is 10.5 Å². The molecular formula is C14H19BrN2O3. The van der Waals surface area contributed by atoms with Crippen molar-refractivity contribution >= 4 is 33.6 Å². The Morgan fingerprint density at radius 1 is 1.25 bits per heavy atom. The molecule has 0 aliphatic rings. The van der Waals surface area contributed by atoms with Crippen LogP contribution >= 0.6 is 15.9 Å². The lowest BCUT2D eigenvalue weighted by Crippen LogP contribution is -2.52. The van der Waals surface area contributed by atoms with Gasteiger partial charge in [0.05, 0.1) is 0 Å². The Kier molecular flexibility index (Phi) is 4.81. The van der Waals surface area contributed by atoms with Gasteiger partial charge in [0.2, 0.25) is 0 Å². The van der Waals surface area contributed by atoms with Crippen LogP contribution in [0.1, 0.15) is 25.0 Å². The van der Waals surface area contributed by atoms with Crippen LogP contribution in [0.5, 0.6) is 0 Å². The number of carbonyl (C=O) groups is 2. The number of aryl methyl sites for hydroxylation is 2. The summed E-state index contributed by atoms with van der Waals surface area (Å²) in [5, 5.41) is 11.9. The lowest BCUT2D eigenvalue weighted by Gasteiger charge is -2.31. The Morgan fingerprint density at radius 2 is 1.70 bits per heavy atom. The third-order valence-corrected chi connectivity index (χ3v) is 3.85. The second-order valence-electron chi connectivity index (χ2n) is 5.27. The molecule has 1 aromatic rings. The van der Waals surface area contributed by atoms with Crippen LogP contribution in [-0.4, -0.2) is 34.6 Å². The largest absolute Gasteiger partial charge is 0.480 e. The molecule has 0 aliphatic carbocycles. The average Bonchev–Trinajstić information content (AvgIpc) is 2.32. The molecule has 2 N–H and O–H groups in total. The van der Waals surface area contributed by atoms with Crippen LogP contribution in [-0.2, 0) is 4.79 Å². The van der Waals surface area contributed by atoms with Crippen molar-refractivity contribution in [2.45, 2.75) is 33.2 Å². The van der Waals surface area contributed by atoms with Gasteiger partial charge >= 0.3 is 12.0 Å². The minimum absolute atomic E-state index is 0.453. The molecule has 0 aromatic heterocycles. The molecule has 1 rings (SSSR count). The minimum Gasteiger partial charge on any atom is -0.480 e.